The summed E-state index contributed by atoms with van der Waals surface area (Å²) < 4.78 is 53.3. The molecule has 1 fully saturated rings. The highest BCUT2D eigenvalue weighted by Crippen LogP contribution is 2.25. The fourth-order valence-electron chi connectivity index (χ4n) is 2.93. The highest BCUT2D eigenvalue weighted by molar-refractivity contribution is 7.98. The van der Waals surface area contributed by atoms with E-state index in [0.717, 1.165) is 0 Å². The van der Waals surface area contributed by atoms with Crippen molar-refractivity contribution in [1.82, 2.24) is 13.9 Å². The molecule has 8 nitrogen and oxygen atoms in total. The van der Waals surface area contributed by atoms with Crippen molar-refractivity contribution in [2.45, 2.75) is 24.3 Å². The second kappa shape index (κ2) is 10.5. The van der Waals surface area contributed by atoms with E-state index in [-0.39, 0.29) is 47.8 Å². The minimum atomic E-state index is -3.76. The molecule has 1 amide bonds. The van der Waals surface area contributed by atoms with Crippen molar-refractivity contribution in [2.24, 2.45) is 0 Å². The van der Waals surface area contributed by atoms with Crippen LogP contribution < -0.4 is 4.72 Å². The molecule has 0 bridgehead atoms. The number of amides is 1. The SMILES string of the molecule is CCS(=O)(=O)NC(CCSC)C(=O)N1CCN(S(=O)(=O)c2ccccc2Cl)CC1. The summed E-state index contributed by atoms with van der Waals surface area (Å²) in [4.78, 5) is 14.4. The van der Waals surface area contributed by atoms with Gasteiger partial charge in [0.1, 0.15) is 10.9 Å². The van der Waals surface area contributed by atoms with Gasteiger partial charge in [-0.1, -0.05) is 23.7 Å². The van der Waals surface area contributed by atoms with Gasteiger partial charge < -0.3 is 4.90 Å². The third kappa shape index (κ3) is 6.31. The molecule has 1 aromatic rings. The van der Waals surface area contributed by atoms with E-state index in [1.807, 2.05) is 6.26 Å². The van der Waals surface area contributed by atoms with Crippen molar-refractivity contribution in [2.75, 3.05) is 43.9 Å². The number of rotatable bonds is 9. The lowest BCUT2D eigenvalue weighted by atomic mass is 10.2. The van der Waals surface area contributed by atoms with E-state index in [1.54, 1.807) is 12.1 Å². The minimum Gasteiger partial charge on any atom is -0.339 e. The molecule has 1 aliphatic heterocycles. The lowest BCUT2D eigenvalue weighted by molar-refractivity contribution is -0.134. The number of hydrogen-bond acceptors (Lipinski definition) is 6. The van der Waals surface area contributed by atoms with Gasteiger partial charge in [0.05, 0.1) is 10.8 Å². The number of piperazine rings is 1. The van der Waals surface area contributed by atoms with Crippen LogP contribution in [-0.4, -0.2) is 81.9 Å². The lowest BCUT2D eigenvalue weighted by Crippen LogP contribution is -2.56. The highest BCUT2D eigenvalue weighted by atomic mass is 35.5. The summed E-state index contributed by atoms with van der Waals surface area (Å²) >= 11 is 7.56. The molecule has 1 saturated heterocycles. The van der Waals surface area contributed by atoms with Gasteiger partial charge in [0.2, 0.25) is 26.0 Å². The van der Waals surface area contributed by atoms with E-state index in [9.17, 15) is 21.6 Å². The monoisotopic (exact) mass is 483 g/mol. The fraction of sp³-hybridized carbons (Fsp3) is 0.588. The van der Waals surface area contributed by atoms with E-state index in [0.29, 0.717) is 12.2 Å². The zero-order chi connectivity index (χ0) is 21.7. The Hall–Kier alpha value is -0.850. The van der Waals surface area contributed by atoms with Gasteiger partial charge in [-0.05, 0) is 37.5 Å². The average molecular weight is 484 g/mol. The zero-order valence-corrected chi connectivity index (χ0v) is 19.6. The Kier molecular flexibility index (Phi) is 8.80. The molecule has 164 valence electrons. The van der Waals surface area contributed by atoms with Crippen LogP contribution in [0, 0.1) is 0 Å². The van der Waals surface area contributed by atoms with E-state index in [4.69, 9.17) is 11.6 Å². The summed E-state index contributed by atoms with van der Waals surface area (Å²) in [6.07, 6.45) is 2.26. The molecule has 1 aromatic carbocycles. The summed E-state index contributed by atoms with van der Waals surface area (Å²) in [5.41, 5.74) is 0. The Bertz CT molecular complexity index is 916. The Morgan fingerprint density at radius 1 is 1.17 bits per heavy atom. The molecule has 0 radical (unpaired) electrons. The number of sulfonamides is 2. The van der Waals surface area contributed by atoms with Gasteiger partial charge in [-0.2, -0.15) is 16.1 Å². The summed E-state index contributed by atoms with van der Waals surface area (Å²) in [6, 6.07) is 5.38. The molecule has 1 atom stereocenters. The van der Waals surface area contributed by atoms with Gasteiger partial charge in [0, 0.05) is 26.2 Å². The molecule has 0 spiro atoms. The number of hydrogen-bond donors (Lipinski definition) is 1. The van der Waals surface area contributed by atoms with Gasteiger partial charge >= 0.3 is 0 Å². The molecular weight excluding hydrogens is 458 g/mol. The first kappa shape index (κ1) is 24.4. The number of thioether (sulfide) groups is 1. The number of halogens is 1. The average Bonchev–Trinajstić information content (AvgIpc) is 2.70. The van der Waals surface area contributed by atoms with E-state index >= 15 is 0 Å². The Morgan fingerprint density at radius 2 is 1.79 bits per heavy atom. The van der Waals surface area contributed by atoms with Crippen molar-refractivity contribution in [3.8, 4) is 0 Å². The van der Waals surface area contributed by atoms with Gasteiger partial charge in [-0.3, -0.25) is 4.79 Å². The first-order valence-corrected chi connectivity index (χ1v) is 14.0. The summed E-state index contributed by atoms with van der Waals surface area (Å²) in [5.74, 6) is 0.189. The lowest BCUT2D eigenvalue weighted by Gasteiger charge is -2.36. The molecule has 1 heterocycles. The zero-order valence-electron chi connectivity index (χ0n) is 16.4. The highest BCUT2D eigenvalue weighted by Gasteiger charge is 2.34. The number of carbonyl (C=O) groups is 1. The smallest absolute Gasteiger partial charge is 0.244 e. The molecule has 0 aromatic heterocycles. The topological polar surface area (TPSA) is 104 Å². The molecule has 29 heavy (non-hydrogen) atoms. The second-order valence-corrected chi connectivity index (χ2v) is 11.9. The van der Waals surface area contributed by atoms with Crippen molar-refractivity contribution >= 4 is 49.3 Å². The molecule has 1 aliphatic rings. The first-order chi connectivity index (χ1) is 13.6. The standard InChI is InChI=1S/C17H26ClN3O5S3/c1-3-28(23,24)19-15(8-13-27-2)17(22)20-9-11-21(12-10-20)29(25,26)16-7-5-4-6-14(16)18/h4-7,15,19H,3,8-13H2,1-2H3. The Labute approximate surface area is 182 Å². The van der Waals surface area contributed by atoms with Crippen molar-refractivity contribution in [1.29, 1.82) is 0 Å². The van der Waals surface area contributed by atoms with Crippen LogP contribution in [0.25, 0.3) is 0 Å². The van der Waals surface area contributed by atoms with Crippen LogP contribution >= 0.6 is 23.4 Å². The molecule has 0 saturated carbocycles. The predicted octanol–water partition coefficient (Wildman–Crippen LogP) is 1.23. The number of benzene rings is 1. The number of nitrogens with one attached hydrogen (secondary N) is 1. The Morgan fingerprint density at radius 3 is 2.34 bits per heavy atom. The van der Waals surface area contributed by atoms with E-state index in [1.165, 1.54) is 40.0 Å². The van der Waals surface area contributed by atoms with Crippen LogP contribution in [0.5, 0.6) is 0 Å². The van der Waals surface area contributed by atoms with Gasteiger partial charge in [-0.25, -0.2) is 21.6 Å². The maximum Gasteiger partial charge on any atom is 0.244 e. The maximum atomic E-state index is 12.9. The van der Waals surface area contributed by atoms with Gasteiger partial charge in [0.15, 0.2) is 0 Å². The van der Waals surface area contributed by atoms with Gasteiger partial charge in [-0.15, -0.1) is 0 Å². The maximum absolute atomic E-state index is 12.9. The predicted molar refractivity (Wildman–Crippen MR) is 116 cm³/mol. The Balaban J connectivity index is 2.08. The molecule has 12 heteroatoms. The van der Waals surface area contributed by atoms with Crippen LogP contribution in [0.4, 0.5) is 0 Å². The summed E-state index contributed by atoms with van der Waals surface area (Å²) in [5, 5.41) is 0.150. The molecule has 0 aliphatic carbocycles. The third-order valence-electron chi connectivity index (χ3n) is 4.62. The van der Waals surface area contributed by atoms with Crippen molar-refractivity contribution < 1.29 is 21.6 Å². The minimum absolute atomic E-state index is 0.0370. The van der Waals surface area contributed by atoms with E-state index in [2.05, 4.69) is 4.72 Å². The van der Waals surface area contributed by atoms with Crippen molar-refractivity contribution in [3.05, 3.63) is 29.3 Å². The molecule has 2 rings (SSSR count). The molecule has 1 unspecified atom stereocenters. The molecule has 1 N–H and O–H groups in total. The number of nitrogens with zero attached hydrogens (tertiary/aromatic N) is 2. The number of carbonyl (C=O) groups excluding carboxylic acids is 1. The van der Waals surface area contributed by atoms with Crippen LogP contribution in [0.15, 0.2) is 29.2 Å². The first-order valence-electron chi connectivity index (χ1n) is 9.14. The summed E-state index contributed by atoms with van der Waals surface area (Å²) in [7, 11) is -7.30. The van der Waals surface area contributed by atoms with Crippen LogP contribution in [0.1, 0.15) is 13.3 Å². The van der Waals surface area contributed by atoms with Crippen LogP contribution in [0.2, 0.25) is 5.02 Å². The quantitative estimate of drug-likeness (QED) is 0.566. The normalized spacial score (nSPS) is 17.3. The largest absolute Gasteiger partial charge is 0.339 e. The van der Waals surface area contributed by atoms with E-state index < -0.39 is 26.1 Å². The third-order valence-corrected chi connectivity index (χ3v) is 9.06. The van der Waals surface area contributed by atoms with Crippen LogP contribution in [-0.2, 0) is 24.8 Å². The van der Waals surface area contributed by atoms with Crippen molar-refractivity contribution in [3.63, 3.8) is 0 Å². The molecular formula is C17H26ClN3O5S3. The fourth-order valence-corrected chi connectivity index (χ4v) is 6.14. The summed E-state index contributed by atoms with van der Waals surface area (Å²) in [6.45, 7) is 2.12. The van der Waals surface area contributed by atoms with Gasteiger partial charge in [0.25, 0.3) is 0 Å². The second-order valence-electron chi connectivity index (χ2n) is 6.52. The van der Waals surface area contributed by atoms with Crippen LogP contribution in [0.3, 0.4) is 0 Å².